The lowest BCUT2D eigenvalue weighted by Gasteiger charge is -2.31. The van der Waals surface area contributed by atoms with Crippen molar-refractivity contribution in [1.82, 2.24) is 29.3 Å². The summed E-state index contributed by atoms with van der Waals surface area (Å²) in [7, 11) is -3.71. The molecule has 0 amide bonds. The first kappa shape index (κ1) is 24.9. The molecule has 0 saturated carbocycles. The van der Waals surface area contributed by atoms with Crippen molar-refractivity contribution in [1.29, 1.82) is 0 Å². The zero-order valence-corrected chi connectivity index (χ0v) is 20.0. The molecule has 1 fully saturated rings. The van der Waals surface area contributed by atoms with Gasteiger partial charge in [-0.05, 0) is 42.7 Å². The molecule has 1 atom stereocenters. The van der Waals surface area contributed by atoms with E-state index in [1.165, 1.54) is 45.4 Å². The molecule has 3 heterocycles. The highest BCUT2D eigenvalue weighted by molar-refractivity contribution is 7.89. The van der Waals surface area contributed by atoms with Crippen molar-refractivity contribution in [2.24, 2.45) is 0 Å². The van der Waals surface area contributed by atoms with E-state index in [0.717, 1.165) is 0 Å². The van der Waals surface area contributed by atoms with Crippen LogP contribution in [0.1, 0.15) is 30.1 Å². The van der Waals surface area contributed by atoms with Gasteiger partial charge in [-0.2, -0.15) is 4.31 Å². The van der Waals surface area contributed by atoms with Gasteiger partial charge in [0, 0.05) is 19.0 Å². The Labute approximate surface area is 208 Å². The van der Waals surface area contributed by atoms with Crippen molar-refractivity contribution >= 4 is 21.2 Å². The Bertz CT molecular complexity index is 1570. The third-order valence-corrected chi connectivity index (χ3v) is 7.91. The van der Waals surface area contributed by atoms with Crippen molar-refractivity contribution in [3.63, 3.8) is 0 Å². The molecule has 194 valence electrons. The number of H-pyrrole nitrogens is 1. The standard InChI is InChI=1S/C23H21F3N6O4S/c24-23(25,26)36-17-10-8-15(9-11-17)13-32-21-19(29-30-32)22(33)28-20(27-21)16-5-4-12-31(14-16)37(34,35)18-6-2-1-3-7-18/h1-3,6-11,16H,4-5,12-14H2,(H,27,28,33)/t16-/m0/s1. The quantitative estimate of drug-likeness (QED) is 0.403. The van der Waals surface area contributed by atoms with Crippen LogP contribution in [0.2, 0.25) is 0 Å². The normalized spacial score (nSPS) is 17.2. The molecule has 4 aromatic rings. The van der Waals surface area contributed by atoms with Crippen LogP contribution in [-0.2, 0) is 16.6 Å². The molecule has 14 heteroatoms. The summed E-state index contributed by atoms with van der Waals surface area (Å²) in [5.74, 6) is -0.390. The minimum atomic E-state index is -4.79. The maximum absolute atomic E-state index is 13.1. The molecule has 1 aliphatic rings. The first-order valence-corrected chi connectivity index (χ1v) is 12.8. The molecule has 0 spiro atoms. The summed E-state index contributed by atoms with van der Waals surface area (Å²) in [5.41, 5.74) is 0.272. The highest BCUT2D eigenvalue weighted by atomic mass is 32.2. The number of benzene rings is 2. The van der Waals surface area contributed by atoms with Gasteiger partial charge >= 0.3 is 6.36 Å². The van der Waals surface area contributed by atoms with Gasteiger partial charge in [0.1, 0.15) is 11.6 Å². The molecule has 0 unspecified atom stereocenters. The molecule has 1 aliphatic heterocycles. The van der Waals surface area contributed by atoms with E-state index in [1.54, 1.807) is 18.2 Å². The first-order chi connectivity index (χ1) is 17.6. The van der Waals surface area contributed by atoms with Gasteiger partial charge in [0.2, 0.25) is 10.0 Å². The molecular formula is C23H21F3N6O4S. The van der Waals surface area contributed by atoms with Crippen LogP contribution in [-0.4, -0.2) is 57.1 Å². The van der Waals surface area contributed by atoms with Crippen LogP contribution in [0.15, 0.2) is 64.3 Å². The largest absolute Gasteiger partial charge is 0.573 e. The highest BCUT2D eigenvalue weighted by Gasteiger charge is 2.33. The van der Waals surface area contributed by atoms with Crippen molar-refractivity contribution in [2.45, 2.75) is 36.6 Å². The lowest BCUT2D eigenvalue weighted by atomic mass is 9.99. The SMILES string of the molecule is O=c1[nH]c([C@H]2CCCN(S(=O)(=O)c3ccccc3)C2)nc2c1nnn2Cc1ccc(OC(F)(F)F)cc1. The summed E-state index contributed by atoms with van der Waals surface area (Å²) >= 11 is 0. The van der Waals surface area contributed by atoms with Gasteiger partial charge < -0.3 is 9.72 Å². The second kappa shape index (κ2) is 9.59. The van der Waals surface area contributed by atoms with E-state index in [2.05, 4.69) is 25.0 Å². The van der Waals surface area contributed by atoms with Crippen LogP contribution in [0.3, 0.4) is 0 Å². The van der Waals surface area contributed by atoms with E-state index in [9.17, 15) is 26.4 Å². The van der Waals surface area contributed by atoms with Gasteiger partial charge in [-0.15, -0.1) is 18.3 Å². The summed E-state index contributed by atoms with van der Waals surface area (Å²) < 4.78 is 70.1. The van der Waals surface area contributed by atoms with E-state index in [1.807, 2.05) is 0 Å². The Hall–Kier alpha value is -3.78. The van der Waals surface area contributed by atoms with Crippen LogP contribution < -0.4 is 10.3 Å². The molecule has 1 saturated heterocycles. The second-order valence-electron chi connectivity index (χ2n) is 8.58. The van der Waals surface area contributed by atoms with Gasteiger partial charge in [0.15, 0.2) is 11.2 Å². The Balaban J connectivity index is 1.40. The number of piperidine rings is 1. The number of rotatable bonds is 6. The molecule has 0 aliphatic carbocycles. The van der Waals surface area contributed by atoms with Crippen molar-refractivity contribution < 1.29 is 26.3 Å². The lowest BCUT2D eigenvalue weighted by Crippen LogP contribution is -2.39. The van der Waals surface area contributed by atoms with Gasteiger partial charge in [0.05, 0.1) is 11.4 Å². The number of alkyl halides is 3. The number of hydrogen-bond donors (Lipinski definition) is 1. The summed E-state index contributed by atoms with van der Waals surface area (Å²) in [4.78, 5) is 20.2. The minimum Gasteiger partial charge on any atom is -0.406 e. The number of ether oxygens (including phenoxy) is 1. The van der Waals surface area contributed by atoms with E-state index in [0.29, 0.717) is 30.8 Å². The third-order valence-electron chi connectivity index (χ3n) is 6.03. The zero-order chi connectivity index (χ0) is 26.2. The van der Waals surface area contributed by atoms with Crippen LogP contribution >= 0.6 is 0 Å². The second-order valence-corrected chi connectivity index (χ2v) is 10.5. The van der Waals surface area contributed by atoms with Gasteiger partial charge in [-0.3, -0.25) is 4.79 Å². The van der Waals surface area contributed by atoms with Crippen molar-refractivity contribution in [3.05, 3.63) is 76.3 Å². The molecule has 10 nitrogen and oxygen atoms in total. The van der Waals surface area contributed by atoms with E-state index in [-0.39, 0.29) is 40.8 Å². The molecule has 2 aromatic carbocycles. The van der Waals surface area contributed by atoms with E-state index >= 15 is 0 Å². The average molecular weight is 535 g/mol. The number of nitrogens with zero attached hydrogens (tertiary/aromatic N) is 5. The van der Waals surface area contributed by atoms with E-state index in [4.69, 9.17) is 0 Å². The summed E-state index contributed by atoms with van der Waals surface area (Å²) in [6.07, 6.45) is -3.58. The van der Waals surface area contributed by atoms with Crippen LogP contribution in [0.5, 0.6) is 5.75 Å². The Morgan fingerprint density at radius 1 is 1.08 bits per heavy atom. The summed E-state index contributed by atoms with van der Waals surface area (Å²) in [6, 6.07) is 13.4. The summed E-state index contributed by atoms with van der Waals surface area (Å²) in [5, 5.41) is 7.87. The number of hydrogen-bond acceptors (Lipinski definition) is 7. The fourth-order valence-electron chi connectivity index (χ4n) is 4.28. The number of aromatic nitrogens is 5. The Morgan fingerprint density at radius 3 is 2.51 bits per heavy atom. The number of aromatic amines is 1. The van der Waals surface area contributed by atoms with E-state index < -0.39 is 21.9 Å². The van der Waals surface area contributed by atoms with Gasteiger partial charge in [0.25, 0.3) is 5.56 Å². The summed E-state index contributed by atoms with van der Waals surface area (Å²) in [6.45, 7) is 0.597. The molecule has 0 bridgehead atoms. The molecule has 37 heavy (non-hydrogen) atoms. The smallest absolute Gasteiger partial charge is 0.406 e. The maximum atomic E-state index is 13.1. The number of halogens is 3. The molecule has 2 aromatic heterocycles. The first-order valence-electron chi connectivity index (χ1n) is 11.3. The molecule has 0 radical (unpaired) electrons. The monoisotopic (exact) mass is 534 g/mol. The van der Waals surface area contributed by atoms with Crippen molar-refractivity contribution in [2.75, 3.05) is 13.1 Å². The van der Waals surface area contributed by atoms with Crippen LogP contribution in [0, 0.1) is 0 Å². The Morgan fingerprint density at radius 2 is 1.81 bits per heavy atom. The third kappa shape index (κ3) is 5.34. The topological polar surface area (TPSA) is 123 Å². The number of fused-ring (bicyclic) bond motifs is 1. The van der Waals surface area contributed by atoms with Gasteiger partial charge in [-0.1, -0.05) is 35.5 Å². The fraction of sp³-hybridized carbons (Fsp3) is 0.304. The minimum absolute atomic E-state index is 0.00495. The van der Waals surface area contributed by atoms with Gasteiger partial charge in [-0.25, -0.2) is 18.1 Å². The van der Waals surface area contributed by atoms with Crippen molar-refractivity contribution in [3.8, 4) is 5.75 Å². The van der Waals surface area contributed by atoms with Crippen LogP contribution in [0.4, 0.5) is 13.2 Å². The Kier molecular flexibility index (Phi) is 6.45. The van der Waals surface area contributed by atoms with Crippen LogP contribution in [0.25, 0.3) is 11.2 Å². The number of sulfonamides is 1. The highest BCUT2D eigenvalue weighted by Crippen LogP contribution is 2.29. The predicted octanol–water partition coefficient (Wildman–Crippen LogP) is 3.03. The molecular weight excluding hydrogens is 513 g/mol. The lowest BCUT2D eigenvalue weighted by molar-refractivity contribution is -0.274. The fourth-order valence-corrected chi connectivity index (χ4v) is 5.82. The average Bonchev–Trinajstić information content (AvgIpc) is 3.28. The maximum Gasteiger partial charge on any atom is 0.573 e. The molecule has 1 N–H and O–H groups in total. The number of nitrogens with one attached hydrogen (secondary N) is 1. The molecule has 5 rings (SSSR count). The zero-order valence-electron chi connectivity index (χ0n) is 19.2. The predicted molar refractivity (Wildman–Crippen MR) is 125 cm³/mol.